The van der Waals surface area contributed by atoms with E-state index in [4.69, 9.17) is 4.74 Å². The summed E-state index contributed by atoms with van der Waals surface area (Å²) in [7, 11) is 0. The van der Waals surface area contributed by atoms with Gasteiger partial charge in [-0.1, -0.05) is 21.8 Å². The molecule has 0 aliphatic rings. The van der Waals surface area contributed by atoms with Crippen LogP contribution in [-0.2, 0) is 0 Å². The van der Waals surface area contributed by atoms with Gasteiger partial charge < -0.3 is 4.74 Å². The van der Waals surface area contributed by atoms with Gasteiger partial charge in [0, 0.05) is 5.56 Å². The molecule has 0 atom stereocenters. The van der Waals surface area contributed by atoms with Crippen LogP contribution in [0.25, 0.3) is 0 Å². The van der Waals surface area contributed by atoms with Crippen LogP contribution in [0.2, 0.25) is 0 Å². The Morgan fingerprint density at radius 2 is 1.53 bits per heavy atom. The second-order valence-electron chi connectivity index (χ2n) is 3.17. The van der Waals surface area contributed by atoms with Crippen molar-refractivity contribution in [2.45, 2.75) is 49.0 Å². The molecule has 0 bridgehead atoms. The summed E-state index contributed by atoms with van der Waals surface area (Å²) in [4.78, 5) is 0. The molecule has 0 saturated heterocycles. The van der Waals surface area contributed by atoms with Crippen molar-refractivity contribution in [3.63, 3.8) is 0 Å². The first-order valence-electron chi connectivity index (χ1n) is 4.60. The maximum Gasteiger partial charge on any atom is 0.147 e. The minimum atomic E-state index is 0. The molecule has 0 spiro atoms. The van der Waals surface area contributed by atoms with Crippen LogP contribution >= 0.6 is 0 Å². The maximum absolute atomic E-state index is 5.60. The summed E-state index contributed by atoms with van der Waals surface area (Å²) in [6.45, 7) is 8.71. The summed E-state index contributed by atoms with van der Waals surface area (Å²) < 4.78 is 5.60. The normalized spacial score (nSPS) is 8.80. The predicted octanol–water partition coefficient (Wildman–Crippen LogP) is 3.46. The van der Waals surface area contributed by atoms with Crippen molar-refractivity contribution in [3.05, 3.63) is 17.0 Å². The lowest BCUT2D eigenvalue weighted by molar-refractivity contribution is 0.310. The third-order valence-electron chi connectivity index (χ3n) is 2.01. The topological polar surface area (TPSA) is 35.0 Å². The van der Waals surface area contributed by atoms with Gasteiger partial charge in [0.1, 0.15) is 11.4 Å². The Balaban J connectivity index is 0. The number of rotatable bonds is 3. The number of hydrogen-bond donors (Lipinski definition) is 0. The van der Waals surface area contributed by atoms with E-state index in [1.165, 1.54) is 0 Å². The van der Waals surface area contributed by atoms with Crippen LogP contribution in [0, 0.1) is 20.8 Å². The van der Waals surface area contributed by atoms with E-state index in [2.05, 4.69) is 17.1 Å². The number of aryl methyl sites for hydroxylation is 2. The van der Waals surface area contributed by atoms with Crippen molar-refractivity contribution in [2.75, 3.05) is 6.61 Å². The molecule has 1 aromatic rings. The maximum atomic E-state index is 5.60. The lowest BCUT2D eigenvalue weighted by atomic mass is 10.2. The molecule has 0 aromatic carbocycles. The summed E-state index contributed by atoms with van der Waals surface area (Å²) in [6.07, 6.45) is 1.01. The summed E-state index contributed by atoms with van der Waals surface area (Å²) >= 11 is 0. The van der Waals surface area contributed by atoms with Gasteiger partial charge in [-0.05, 0) is 27.2 Å². The number of aromatic nitrogens is 2. The molecule has 0 radical (unpaired) electrons. The Labute approximate surface area is 93.9 Å². The highest BCUT2D eigenvalue weighted by Crippen LogP contribution is 2.22. The van der Waals surface area contributed by atoms with Crippen LogP contribution in [-0.4, -0.2) is 16.8 Å². The van der Waals surface area contributed by atoms with E-state index in [1.54, 1.807) is 0 Å². The molecule has 0 fully saturated rings. The van der Waals surface area contributed by atoms with Gasteiger partial charge in [-0.25, -0.2) is 0 Å². The zero-order valence-corrected chi connectivity index (χ0v) is 8.72. The fraction of sp³-hybridized carbons (Fsp3) is 0.667. The number of hydrogen-bond acceptors (Lipinski definition) is 3. The van der Waals surface area contributed by atoms with Crippen molar-refractivity contribution in [1.82, 2.24) is 10.2 Å². The Morgan fingerprint density at radius 1 is 1.00 bits per heavy atom. The van der Waals surface area contributed by atoms with Gasteiger partial charge in [-0.15, -0.1) is 0 Å². The standard InChI is InChI=1S/C10H16N2O.2CH4/c1-5-6-13-10-7(2)8(3)11-12-9(10)4;;/h5-6H2,1-4H3;2*1H4. The van der Waals surface area contributed by atoms with E-state index in [0.717, 1.165) is 35.7 Å². The highest BCUT2D eigenvalue weighted by Gasteiger charge is 2.07. The van der Waals surface area contributed by atoms with Gasteiger partial charge in [-0.2, -0.15) is 10.2 Å². The first-order chi connectivity index (χ1) is 6.16. The Hall–Kier alpha value is -1.12. The van der Waals surface area contributed by atoms with Crippen LogP contribution in [0.4, 0.5) is 0 Å². The molecule has 88 valence electrons. The molecule has 0 aliphatic heterocycles. The van der Waals surface area contributed by atoms with Gasteiger partial charge in [0.05, 0.1) is 12.3 Å². The second-order valence-corrected chi connectivity index (χ2v) is 3.17. The third-order valence-corrected chi connectivity index (χ3v) is 2.01. The molecule has 15 heavy (non-hydrogen) atoms. The van der Waals surface area contributed by atoms with Gasteiger partial charge in [0.2, 0.25) is 0 Å². The fourth-order valence-electron chi connectivity index (χ4n) is 1.12. The molecule has 3 heteroatoms. The predicted molar refractivity (Wildman–Crippen MR) is 65.5 cm³/mol. The van der Waals surface area contributed by atoms with Crippen molar-refractivity contribution in [2.24, 2.45) is 0 Å². The first kappa shape index (κ1) is 16.3. The second kappa shape index (κ2) is 7.21. The number of nitrogens with zero attached hydrogens (tertiary/aromatic N) is 2. The highest BCUT2D eigenvalue weighted by atomic mass is 16.5. The zero-order valence-electron chi connectivity index (χ0n) is 8.72. The van der Waals surface area contributed by atoms with Crippen LogP contribution in [0.15, 0.2) is 0 Å². The van der Waals surface area contributed by atoms with Crippen LogP contribution in [0.1, 0.15) is 45.1 Å². The molecule has 0 unspecified atom stereocenters. The minimum Gasteiger partial charge on any atom is -0.491 e. The smallest absolute Gasteiger partial charge is 0.147 e. The molecule has 0 amide bonds. The summed E-state index contributed by atoms with van der Waals surface area (Å²) in [5.74, 6) is 0.898. The largest absolute Gasteiger partial charge is 0.491 e. The quantitative estimate of drug-likeness (QED) is 0.769. The molecule has 1 aromatic heterocycles. The van der Waals surface area contributed by atoms with Gasteiger partial charge in [0.25, 0.3) is 0 Å². The molecular formula is C12H24N2O. The Kier molecular flexibility index (Phi) is 7.84. The summed E-state index contributed by atoms with van der Waals surface area (Å²) in [5, 5.41) is 8.03. The van der Waals surface area contributed by atoms with Crippen molar-refractivity contribution < 1.29 is 4.74 Å². The van der Waals surface area contributed by atoms with E-state index in [1.807, 2.05) is 20.8 Å². The lowest BCUT2D eigenvalue weighted by Crippen LogP contribution is -2.04. The van der Waals surface area contributed by atoms with Gasteiger partial charge in [-0.3, -0.25) is 0 Å². The molecule has 1 rings (SSSR count). The van der Waals surface area contributed by atoms with E-state index < -0.39 is 0 Å². The van der Waals surface area contributed by atoms with E-state index in [9.17, 15) is 0 Å². The zero-order chi connectivity index (χ0) is 9.84. The molecule has 0 N–H and O–H groups in total. The molecule has 1 heterocycles. The lowest BCUT2D eigenvalue weighted by Gasteiger charge is -2.10. The molecule has 3 nitrogen and oxygen atoms in total. The fourth-order valence-corrected chi connectivity index (χ4v) is 1.12. The molecular weight excluding hydrogens is 188 g/mol. The SMILES string of the molecule is C.C.CCCOc1c(C)nnc(C)c1C. The van der Waals surface area contributed by atoms with E-state index >= 15 is 0 Å². The summed E-state index contributed by atoms with van der Waals surface area (Å²) in [6, 6.07) is 0. The summed E-state index contributed by atoms with van der Waals surface area (Å²) in [5.41, 5.74) is 2.91. The molecule has 0 saturated carbocycles. The van der Waals surface area contributed by atoms with Crippen LogP contribution in [0.3, 0.4) is 0 Å². The van der Waals surface area contributed by atoms with E-state index in [-0.39, 0.29) is 14.9 Å². The van der Waals surface area contributed by atoms with Crippen molar-refractivity contribution >= 4 is 0 Å². The van der Waals surface area contributed by atoms with E-state index in [0.29, 0.717) is 0 Å². The van der Waals surface area contributed by atoms with Crippen molar-refractivity contribution in [1.29, 1.82) is 0 Å². The van der Waals surface area contributed by atoms with Crippen LogP contribution in [0.5, 0.6) is 5.75 Å². The highest BCUT2D eigenvalue weighted by molar-refractivity contribution is 5.37. The minimum absolute atomic E-state index is 0. The van der Waals surface area contributed by atoms with Crippen molar-refractivity contribution in [3.8, 4) is 5.75 Å². The van der Waals surface area contributed by atoms with Crippen LogP contribution < -0.4 is 4.74 Å². The number of ether oxygens (including phenoxy) is 1. The Morgan fingerprint density at radius 3 is 2.07 bits per heavy atom. The molecule has 0 aliphatic carbocycles. The Bertz CT molecular complexity index is 298. The first-order valence-corrected chi connectivity index (χ1v) is 4.60. The average molecular weight is 212 g/mol. The monoisotopic (exact) mass is 212 g/mol. The van der Waals surface area contributed by atoms with Gasteiger partial charge >= 0.3 is 0 Å². The average Bonchev–Trinajstić information content (AvgIpc) is 2.12. The van der Waals surface area contributed by atoms with Gasteiger partial charge in [0.15, 0.2) is 0 Å². The third kappa shape index (κ3) is 3.86.